The minimum atomic E-state index is -0.617. The summed E-state index contributed by atoms with van der Waals surface area (Å²) in [5, 5.41) is 17.4. The number of hydrogen-bond acceptors (Lipinski definition) is 6. The van der Waals surface area contributed by atoms with Crippen molar-refractivity contribution in [1.82, 2.24) is 9.91 Å². The van der Waals surface area contributed by atoms with E-state index in [1.54, 1.807) is 11.0 Å². The number of likely N-dealkylation sites (tertiary alicyclic amines) is 1. The molecule has 0 aliphatic carbocycles. The Balaban J connectivity index is 1.49. The third-order valence-electron chi connectivity index (χ3n) is 6.19. The highest BCUT2D eigenvalue weighted by molar-refractivity contribution is 6.04. The van der Waals surface area contributed by atoms with E-state index in [2.05, 4.69) is 11.1 Å². The lowest BCUT2D eigenvalue weighted by molar-refractivity contribution is -0.147. The summed E-state index contributed by atoms with van der Waals surface area (Å²) >= 11 is 0. The molecule has 3 aliphatic heterocycles. The molecule has 0 bridgehead atoms. The van der Waals surface area contributed by atoms with Crippen molar-refractivity contribution in [1.29, 1.82) is 0 Å². The summed E-state index contributed by atoms with van der Waals surface area (Å²) in [6.07, 6.45) is 1.68. The number of nitrogens with zero attached hydrogens (tertiary/aromatic N) is 3. The van der Waals surface area contributed by atoms with E-state index < -0.39 is 5.72 Å². The topological polar surface area (TPSA) is 74.6 Å². The molecule has 5 rings (SSSR count). The molecule has 3 heterocycles. The molecular weight excluding hydrogens is 382 g/mol. The van der Waals surface area contributed by atoms with Gasteiger partial charge in [-0.25, -0.2) is 9.80 Å². The molecule has 3 aliphatic rings. The number of phenols is 1. The van der Waals surface area contributed by atoms with Gasteiger partial charge in [-0.3, -0.25) is 0 Å². The maximum atomic E-state index is 12.2. The van der Waals surface area contributed by atoms with Gasteiger partial charge in [0.2, 0.25) is 5.72 Å². The number of ether oxygens (including phenoxy) is 2. The average Bonchev–Trinajstić information content (AvgIpc) is 3.21. The van der Waals surface area contributed by atoms with Crippen molar-refractivity contribution in [2.45, 2.75) is 38.0 Å². The summed E-state index contributed by atoms with van der Waals surface area (Å²) in [7, 11) is 0. The monoisotopic (exact) mass is 407 g/mol. The third kappa shape index (κ3) is 2.96. The van der Waals surface area contributed by atoms with Crippen LogP contribution < -0.4 is 4.74 Å². The standard InChI is InChI=1S/C23H25N3O4/c1-2-29-22(28)25-13-11-23(12-14-25)26-19(17-8-4-6-10-21(17)30-23)15-18(24-26)16-7-3-5-9-20(16)27/h3-10,19,27H,2,11-15H2,1H3. The molecule has 2 aromatic carbocycles. The van der Waals surface area contributed by atoms with Crippen LogP contribution in [0.3, 0.4) is 0 Å². The van der Waals surface area contributed by atoms with Gasteiger partial charge in [-0.05, 0) is 25.1 Å². The first-order valence-electron chi connectivity index (χ1n) is 10.5. The highest BCUT2D eigenvalue weighted by Gasteiger charge is 2.52. The van der Waals surface area contributed by atoms with Gasteiger partial charge in [-0.2, -0.15) is 5.10 Å². The molecule has 1 spiro atoms. The number of fused-ring (bicyclic) bond motifs is 4. The zero-order chi connectivity index (χ0) is 20.7. The number of phenolic OH excluding ortho intramolecular Hbond substituents is 1. The molecule has 0 aromatic heterocycles. The number of hydrogen-bond donors (Lipinski definition) is 1. The van der Waals surface area contributed by atoms with Crippen LogP contribution in [-0.4, -0.2) is 52.2 Å². The number of amides is 1. The van der Waals surface area contributed by atoms with E-state index in [0.29, 0.717) is 39.0 Å². The molecule has 1 amide bonds. The van der Waals surface area contributed by atoms with Gasteiger partial charge in [0.1, 0.15) is 11.5 Å². The molecule has 1 fully saturated rings. The second kappa shape index (κ2) is 7.23. The molecule has 1 N–H and O–H groups in total. The largest absolute Gasteiger partial charge is 0.507 e. The third-order valence-corrected chi connectivity index (χ3v) is 6.19. The van der Waals surface area contributed by atoms with E-state index >= 15 is 0 Å². The second-order valence-electron chi connectivity index (χ2n) is 7.90. The fraction of sp³-hybridized carbons (Fsp3) is 0.391. The van der Waals surface area contributed by atoms with E-state index in [1.807, 2.05) is 43.3 Å². The highest BCUT2D eigenvalue weighted by Crippen LogP contribution is 2.50. The van der Waals surface area contributed by atoms with Crippen LogP contribution in [0.5, 0.6) is 11.5 Å². The van der Waals surface area contributed by atoms with Crippen molar-refractivity contribution in [3.63, 3.8) is 0 Å². The molecule has 0 saturated carbocycles. The van der Waals surface area contributed by atoms with Gasteiger partial charge in [-0.15, -0.1) is 0 Å². The summed E-state index contributed by atoms with van der Waals surface area (Å²) in [4.78, 5) is 13.9. The summed E-state index contributed by atoms with van der Waals surface area (Å²) in [6, 6.07) is 15.4. The Hall–Kier alpha value is -3.22. The molecule has 2 aromatic rings. The summed E-state index contributed by atoms with van der Waals surface area (Å²) < 4.78 is 11.7. The minimum absolute atomic E-state index is 0.0405. The molecule has 0 radical (unpaired) electrons. The van der Waals surface area contributed by atoms with Crippen molar-refractivity contribution >= 4 is 11.8 Å². The zero-order valence-electron chi connectivity index (χ0n) is 17.0. The Bertz CT molecular complexity index is 997. The Morgan fingerprint density at radius 3 is 2.70 bits per heavy atom. The van der Waals surface area contributed by atoms with Gasteiger partial charge in [-0.1, -0.05) is 30.3 Å². The second-order valence-corrected chi connectivity index (χ2v) is 7.90. The first kappa shape index (κ1) is 18.8. The van der Waals surface area contributed by atoms with E-state index in [-0.39, 0.29) is 17.9 Å². The van der Waals surface area contributed by atoms with Crippen LogP contribution in [0.1, 0.15) is 43.4 Å². The van der Waals surface area contributed by atoms with Crippen molar-refractivity contribution in [2.75, 3.05) is 19.7 Å². The lowest BCUT2D eigenvalue weighted by Gasteiger charge is -2.50. The number of rotatable bonds is 2. The van der Waals surface area contributed by atoms with Crippen molar-refractivity contribution in [3.05, 3.63) is 59.7 Å². The van der Waals surface area contributed by atoms with E-state index in [0.717, 1.165) is 22.6 Å². The number of carbonyl (C=O) groups excluding carboxylic acids is 1. The van der Waals surface area contributed by atoms with Crippen LogP contribution in [0, 0.1) is 0 Å². The number of benzene rings is 2. The van der Waals surface area contributed by atoms with E-state index in [4.69, 9.17) is 14.6 Å². The molecule has 7 heteroatoms. The Kier molecular flexibility index (Phi) is 4.53. The lowest BCUT2D eigenvalue weighted by Crippen LogP contribution is -2.59. The normalized spacial score (nSPS) is 21.5. The average molecular weight is 407 g/mol. The maximum absolute atomic E-state index is 12.2. The van der Waals surface area contributed by atoms with Crippen LogP contribution in [0.25, 0.3) is 0 Å². The first-order chi connectivity index (χ1) is 14.6. The van der Waals surface area contributed by atoms with Gasteiger partial charge in [0.25, 0.3) is 0 Å². The smallest absolute Gasteiger partial charge is 0.409 e. The van der Waals surface area contributed by atoms with Gasteiger partial charge < -0.3 is 19.5 Å². The first-order valence-corrected chi connectivity index (χ1v) is 10.5. The van der Waals surface area contributed by atoms with Crippen LogP contribution in [0.4, 0.5) is 4.79 Å². The summed E-state index contributed by atoms with van der Waals surface area (Å²) in [6.45, 7) is 3.28. The zero-order valence-corrected chi connectivity index (χ0v) is 17.0. The molecule has 30 heavy (non-hydrogen) atoms. The van der Waals surface area contributed by atoms with Gasteiger partial charge >= 0.3 is 6.09 Å². The summed E-state index contributed by atoms with van der Waals surface area (Å²) in [5.41, 5.74) is 2.09. The Morgan fingerprint density at radius 2 is 1.93 bits per heavy atom. The summed E-state index contributed by atoms with van der Waals surface area (Å²) in [5.74, 6) is 1.11. The van der Waals surface area contributed by atoms with Crippen LogP contribution in [0.2, 0.25) is 0 Å². The molecule has 1 unspecified atom stereocenters. The maximum Gasteiger partial charge on any atom is 0.409 e. The van der Waals surface area contributed by atoms with Gasteiger partial charge in [0, 0.05) is 43.5 Å². The van der Waals surface area contributed by atoms with Crippen molar-refractivity contribution in [3.8, 4) is 11.5 Å². The lowest BCUT2D eigenvalue weighted by atomic mass is 9.90. The molecule has 156 valence electrons. The quantitative estimate of drug-likeness (QED) is 0.818. The number of piperidine rings is 1. The Labute approximate surface area is 175 Å². The molecule has 7 nitrogen and oxygen atoms in total. The molecule has 1 saturated heterocycles. The predicted octanol–water partition coefficient (Wildman–Crippen LogP) is 3.88. The molecular formula is C23H25N3O4. The Morgan fingerprint density at radius 1 is 1.20 bits per heavy atom. The van der Waals surface area contributed by atoms with Gasteiger partial charge in [0.05, 0.1) is 18.4 Å². The molecule has 1 atom stereocenters. The van der Waals surface area contributed by atoms with Crippen molar-refractivity contribution < 1.29 is 19.4 Å². The van der Waals surface area contributed by atoms with Crippen LogP contribution >= 0.6 is 0 Å². The highest BCUT2D eigenvalue weighted by atomic mass is 16.6. The van der Waals surface area contributed by atoms with Gasteiger partial charge in [0.15, 0.2) is 0 Å². The SMILES string of the molecule is CCOC(=O)N1CCC2(CC1)Oc1ccccc1C1CC(c3ccccc3O)=NN12. The van der Waals surface area contributed by atoms with E-state index in [1.165, 1.54) is 0 Å². The number of carbonyl (C=O) groups is 1. The minimum Gasteiger partial charge on any atom is -0.507 e. The fourth-order valence-electron chi connectivity index (χ4n) is 4.69. The predicted molar refractivity (Wildman–Crippen MR) is 111 cm³/mol. The van der Waals surface area contributed by atoms with Crippen LogP contribution in [-0.2, 0) is 4.74 Å². The van der Waals surface area contributed by atoms with Crippen molar-refractivity contribution in [2.24, 2.45) is 5.10 Å². The number of aromatic hydroxyl groups is 1. The van der Waals surface area contributed by atoms with Crippen LogP contribution in [0.15, 0.2) is 53.6 Å². The van der Waals surface area contributed by atoms with E-state index in [9.17, 15) is 9.90 Å². The number of para-hydroxylation sites is 2. The number of hydrazone groups is 1. The fourth-order valence-corrected chi connectivity index (χ4v) is 4.69.